The molecule has 2 radical (unpaired) electrons. The number of thioether (sulfide) groups is 2. The van der Waals surface area contributed by atoms with E-state index in [1.807, 2.05) is 0 Å². The number of amides is 7. The fourth-order valence-corrected chi connectivity index (χ4v) is 5.53. The number of primary amides is 1. The van der Waals surface area contributed by atoms with Crippen molar-refractivity contribution in [1.82, 2.24) is 26.2 Å². The molecule has 1 rings (SSSR count). The molecule has 232 valence electrons. The molecule has 0 spiro atoms. The number of unbranched alkanes of at least 4 members (excludes halogenated alkanes) is 2. The highest BCUT2D eigenvalue weighted by Crippen LogP contribution is 2.26. The lowest BCUT2D eigenvalue weighted by atomic mass is 9.97. The molecule has 7 amide bonds. The third-order valence-electron chi connectivity index (χ3n) is 5.80. The molecule has 1 atom stereocenters. The summed E-state index contributed by atoms with van der Waals surface area (Å²) in [6.07, 6.45) is 3.93. The Morgan fingerprint density at radius 1 is 0.762 bits per heavy atom. The van der Waals surface area contributed by atoms with Gasteiger partial charge >= 0.3 is 0 Å². The molecule has 0 aromatic rings. The van der Waals surface area contributed by atoms with Crippen molar-refractivity contribution in [2.45, 2.75) is 63.0 Å². The summed E-state index contributed by atoms with van der Waals surface area (Å²) in [6, 6.07) is 0. The van der Waals surface area contributed by atoms with Crippen LogP contribution in [0.15, 0.2) is 0 Å². The standard InChI is InChI=1S/C25H39BN6O8S2/c26-18(33)6-2-1-3-10-41-16-31-23(38)15-30-22(37)14-29-21(36)13-28-20(35)8-5-11-42-17-12-24(39)32(25(17)40)9-4-7-19(27)34/h17H,1-16H2,(H2,27,34)(H,28,35)(H,29,36)(H,30,37)(H,31,38). The second-order valence-electron chi connectivity index (χ2n) is 9.38. The summed E-state index contributed by atoms with van der Waals surface area (Å²) in [5, 5.41) is 9.31. The van der Waals surface area contributed by atoms with Gasteiger partial charge in [-0.15, -0.1) is 23.5 Å². The topological polar surface area (TPSA) is 214 Å². The first kappa shape index (κ1) is 37.0. The van der Waals surface area contributed by atoms with Gasteiger partial charge in [-0.3, -0.25) is 38.5 Å². The lowest BCUT2D eigenvalue weighted by Gasteiger charge is -2.14. The van der Waals surface area contributed by atoms with Crippen molar-refractivity contribution in [3.63, 3.8) is 0 Å². The van der Waals surface area contributed by atoms with Gasteiger partial charge in [0.15, 0.2) is 7.85 Å². The van der Waals surface area contributed by atoms with Gasteiger partial charge in [-0.1, -0.05) is 6.42 Å². The van der Waals surface area contributed by atoms with Crippen LogP contribution in [0.3, 0.4) is 0 Å². The summed E-state index contributed by atoms with van der Waals surface area (Å²) in [4.78, 5) is 94.5. The van der Waals surface area contributed by atoms with E-state index in [1.54, 1.807) is 0 Å². The van der Waals surface area contributed by atoms with E-state index in [-0.39, 0.29) is 74.8 Å². The van der Waals surface area contributed by atoms with Gasteiger partial charge in [0.1, 0.15) is 0 Å². The largest absolute Gasteiger partial charge is 0.370 e. The molecule has 0 aromatic heterocycles. The van der Waals surface area contributed by atoms with E-state index in [0.29, 0.717) is 30.9 Å². The molecule has 42 heavy (non-hydrogen) atoms. The zero-order valence-corrected chi connectivity index (χ0v) is 25.2. The van der Waals surface area contributed by atoms with Crippen LogP contribution < -0.4 is 27.0 Å². The van der Waals surface area contributed by atoms with Gasteiger partial charge in [0.05, 0.1) is 36.4 Å². The van der Waals surface area contributed by atoms with Gasteiger partial charge in [0.25, 0.3) is 0 Å². The van der Waals surface area contributed by atoms with Gasteiger partial charge in [-0.25, -0.2) is 0 Å². The Morgan fingerprint density at radius 3 is 2.00 bits per heavy atom. The number of hydrogen-bond donors (Lipinski definition) is 5. The van der Waals surface area contributed by atoms with Gasteiger partial charge in [-0.2, -0.15) is 0 Å². The molecule has 1 fully saturated rings. The van der Waals surface area contributed by atoms with E-state index in [9.17, 15) is 38.4 Å². The molecular formula is C25H39BN6O8S2. The second kappa shape index (κ2) is 21.6. The summed E-state index contributed by atoms with van der Waals surface area (Å²) < 4.78 is 0. The molecule has 1 aliphatic heterocycles. The molecule has 0 aromatic carbocycles. The molecule has 0 aliphatic carbocycles. The fraction of sp³-hybridized carbons (Fsp3) is 0.680. The third kappa shape index (κ3) is 17.7. The van der Waals surface area contributed by atoms with Crippen LogP contribution in [0.4, 0.5) is 0 Å². The molecule has 1 unspecified atom stereocenters. The molecule has 1 aliphatic rings. The highest BCUT2D eigenvalue weighted by molar-refractivity contribution is 8.00. The van der Waals surface area contributed by atoms with E-state index >= 15 is 0 Å². The van der Waals surface area contributed by atoms with Crippen molar-refractivity contribution in [1.29, 1.82) is 0 Å². The maximum Gasteiger partial charge on any atom is 0.242 e. The van der Waals surface area contributed by atoms with E-state index in [1.165, 1.54) is 23.5 Å². The zero-order valence-electron chi connectivity index (χ0n) is 23.6. The Hall–Kier alpha value is -3.08. The summed E-state index contributed by atoms with van der Waals surface area (Å²) in [7, 11) is 5.07. The first-order valence-corrected chi connectivity index (χ1v) is 15.9. The Balaban J connectivity index is 2.06. The average molecular weight is 627 g/mol. The Morgan fingerprint density at radius 2 is 1.38 bits per heavy atom. The van der Waals surface area contributed by atoms with Crippen molar-refractivity contribution in [3.05, 3.63) is 0 Å². The van der Waals surface area contributed by atoms with Crippen LogP contribution in [0, 0.1) is 0 Å². The van der Waals surface area contributed by atoms with Crippen molar-refractivity contribution in [3.8, 4) is 0 Å². The van der Waals surface area contributed by atoms with Crippen LogP contribution in [0.5, 0.6) is 0 Å². The number of carbonyl (C=O) groups is 8. The number of carbonyl (C=O) groups excluding carboxylic acids is 8. The Kier molecular flexibility index (Phi) is 19.0. The first-order valence-electron chi connectivity index (χ1n) is 13.7. The minimum atomic E-state index is -0.573. The summed E-state index contributed by atoms with van der Waals surface area (Å²) in [5.41, 5.74) is 4.76. The number of likely N-dealkylation sites (tertiary alicyclic amines) is 1. The van der Waals surface area contributed by atoms with Crippen LogP contribution in [0.2, 0.25) is 0 Å². The minimum Gasteiger partial charge on any atom is -0.370 e. The number of hydrogen-bond acceptors (Lipinski definition) is 10. The maximum atomic E-state index is 12.4. The quantitative estimate of drug-likeness (QED) is 0.0375. The zero-order chi connectivity index (χ0) is 31.3. The predicted molar refractivity (Wildman–Crippen MR) is 159 cm³/mol. The number of nitrogens with two attached hydrogens (primary N) is 1. The van der Waals surface area contributed by atoms with Crippen LogP contribution in [0.25, 0.3) is 0 Å². The monoisotopic (exact) mass is 626 g/mol. The summed E-state index contributed by atoms with van der Waals surface area (Å²) >= 11 is 2.80. The predicted octanol–water partition coefficient (Wildman–Crippen LogP) is -1.70. The van der Waals surface area contributed by atoms with Crippen LogP contribution in [-0.4, -0.2) is 109 Å². The van der Waals surface area contributed by atoms with Gasteiger partial charge in [0, 0.05) is 25.8 Å². The highest BCUT2D eigenvalue weighted by Gasteiger charge is 2.38. The van der Waals surface area contributed by atoms with Crippen molar-refractivity contribution in [2.75, 3.05) is 43.6 Å². The lowest BCUT2D eigenvalue weighted by Crippen LogP contribution is -2.44. The van der Waals surface area contributed by atoms with Gasteiger partial charge in [0.2, 0.25) is 41.4 Å². The van der Waals surface area contributed by atoms with Crippen LogP contribution >= 0.6 is 23.5 Å². The van der Waals surface area contributed by atoms with Crippen molar-refractivity contribution in [2.24, 2.45) is 5.73 Å². The summed E-state index contributed by atoms with van der Waals surface area (Å²) in [5.74, 6) is -1.31. The lowest BCUT2D eigenvalue weighted by molar-refractivity contribution is -0.138. The number of nitrogens with one attached hydrogen (secondary N) is 4. The van der Waals surface area contributed by atoms with Gasteiger partial charge < -0.3 is 31.8 Å². The SMILES string of the molecule is [B]C(=O)CCCCCSCNC(=O)CNC(=O)CNC(=O)CNC(=O)CCCSC1CC(=O)N(CCCC(N)=O)C1=O. The van der Waals surface area contributed by atoms with Crippen LogP contribution in [0.1, 0.15) is 57.8 Å². The second-order valence-corrected chi connectivity index (χ2v) is 11.8. The van der Waals surface area contributed by atoms with Crippen molar-refractivity contribution >= 4 is 78.4 Å². The number of nitrogens with zero attached hydrogens (tertiary/aromatic N) is 1. The fourth-order valence-electron chi connectivity index (χ4n) is 3.58. The molecule has 17 heteroatoms. The third-order valence-corrected chi connectivity index (χ3v) is 8.02. The Labute approximate surface area is 254 Å². The molecule has 1 heterocycles. The number of imide groups is 1. The molecule has 6 N–H and O–H groups in total. The van der Waals surface area contributed by atoms with Crippen molar-refractivity contribution < 1.29 is 38.4 Å². The average Bonchev–Trinajstić information content (AvgIpc) is 3.20. The normalized spacial score (nSPS) is 14.4. The van der Waals surface area contributed by atoms with E-state index < -0.39 is 23.0 Å². The molecular weight excluding hydrogens is 587 g/mol. The summed E-state index contributed by atoms with van der Waals surface area (Å²) in [6.45, 7) is -0.764. The van der Waals surface area contributed by atoms with E-state index in [0.717, 1.165) is 29.9 Å². The smallest absolute Gasteiger partial charge is 0.242 e. The number of rotatable bonds is 23. The van der Waals surface area contributed by atoms with E-state index in [4.69, 9.17) is 13.6 Å². The Bertz CT molecular complexity index is 987. The maximum absolute atomic E-state index is 12.4. The molecule has 0 saturated carbocycles. The van der Waals surface area contributed by atoms with Crippen LogP contribution in [-0.2, 0) is 38.4 Å². The highest BCUT2D eigenvalue weighted by atomic mass is 32.2. The molecule has 14 nitrogen and oxygen atoms in total. The minimum absolute atomic E-state index is 0.0750. The first-order chi connectivity index (χ1) is 20.0. The molecule has 1 saturated heterocycles. The molecule has 0 bridgehead atoms. The van der Waals surface area contributed by atoms with Gasteiger partial charge in [-0.05, 0) is 43.6 Å². The van der Waals surface area contributed by atoms with E-state index in [2.05, 4.69) is 21.3 Å².